The van der Waals surface area contributed by atoms with E-state index in [9.17, 15) is 5.11 Å². The molecule has 1 N–H and O–H groups in total. The van der Waals surface area contributed by atoms with Gasteiger partial charge in [0.15, 0.2) is 0 Å². The van der Waals surface area contributed by atoms with E-state index in [1.165, 1.54) is 0 Å². The largest absolute Gasteiger partial charge is 0.507 e. The molecule has 16 heavy (non-hydrogen) atoms. The van der Waals surface area contributed by atoms with Crippen molar-refractivity contribution in [2.45, 2.75) is 20.8 Å². The third-order valence-corrected chi connectivity index (χ3v) is 2.60. The maximum Gasteiger partial charge on any atom is 0.124 e. The first-order chi connectivity index (χ1) is 7.69. The molecular weight excluding hydrogens is 196 g/mol. The number of hydrogen-bond acceptors (Lipinski definition) is 1. The highest BCUT2D eigenvalue weighted by atomic mass is 16.3. The third-order valence-electron chi connectivity index (χ3n) is 2.60. The van der Waals surface area contributed by atoms with Crippen molar-refractivity contribution in [2.75, 3.05) is 0 Å². The van der Waals surface area contributed by atoms with E-state index < -0.39 is 0 Å². The molecule has 0 spiro atoms. The van der Waals surface area contributed by atoms with Crippen molar-refractivity contribution in [2.24, 2.45) is 0 Å². The maximum atomic E-state index is 9.91. The van der Waals surface area contributed by atoms with Crippen molar-refractivity contribution in [3.8, 4) is 5.75 Å². The molecule has 1 aromatic rings. The van der Waals surface area contributed by atoms with Crippen LogP contribution in [0.3, 0.4) is 0 Å². The molecule has 1 rings (SSSR count). The van der Waals surface area contributed by atoms with Gasteiger partial charge in [0, 0.05) is 5.56 Å². The lowest BCUT2D eigenvalue weighted by atomic mass is 10.0. The Morgan fingerprint density at radius 1 is 1.12 bits per heavy atom. The van der Waals surface area contributed by atoms with Crippen LogP contribution in [0, 0.1) is 0 Å². The lowest BCUT2D eigenvalue weighted by Gasteiger charge is -2.06. The standard InChI is InChI=1S/C15H18O/c1-5-9-14-12(7-3)11(6-2)10-15(16)13(14)8-4/h5-10,16H,4H2,1-3H3/b9-5-,11-6-,12-7+. The molecular formula is C15H18O. The predicted molar refractivity (Wildman–Crippen MR) is 72.4 cm³/mol. The van der Waals surface area contributed by atoms with Gasteiger partial charge in [-0.05, 0) is 42.8 Å². The van der Waals surface area contributed by atoms with Crippen LogP contribution in [0.5, 0.6) is 5.75 Å². The molecule has 0 saturated heterocycles. The Balaban J connectivity index is 3.90. The summed E-state index contributed by atoms with van der Waals surface area (Å²) in [5.41, 5.74) is 1.81. The van der Waals surface area contributed by atoms with Crippen molar-refractivity contribution in [3.05, 3.63) is 40.3 Å². The van der Waals surface area contributed by atoms with E-state index in [0.29, 0.717) is 0 Å². The van der Waals surface area contributed by atoms with Crippen molar-refractivity contribution in [3.63, 3.8) is 0 Å². The van der Waals surface area contributed by atoms with Crippen LogP contribution in [-0.2, 0) is 0 Å². The summed E-state index contributed by atoms with van der Waals surface area (Å²) in [5, 5.41) is 12.1. The number of benzene rings is 1. The van der Waals surface area contributed by atoms with Crippen LogP contribution in [0.1, 0.15) is 31.9 Å². The summed E-state index contributed by atoms with van der Waals surface area (Å²) in [6.07, 6.45) is 9.70. The summed E-state index contributed by atoms with van der Waals surface area (Å²) in [6.45, 7) is 9.68. The van der Waals surface area contributed by atoms with Crippen LogP contribution in [-0.4, -0.2) is 5.11 Å². The van der Waals surface area contributed by atoms with Crippen molar-refractivity contribution in [1.82, 2.24) is 0 Å². The number of allylic oxidation sites excluding steroid dienone is 1. The molecule has 0 unspecified atom stereocenters. The van der Waals surface area contributed by atoms with Gasteiger partial charge in [0.1, 0.15) is 5.75 Å². The Bertz CT molecular complexity index is 534. The van der Waals surface area contributed by atoms with Crippen molar-refractivity contribution >= 4 is 24.3 Å². The average Bonchev–Trinajstić information content (AvgIpc) is 2.29. The summed E-state index contributed by atoms with van der Waals surface area (Å²) in [4.78, 5) is 0. The fourth-order valence-electron chi connectivity index (χ4n) is 1.86. The minimum atomic E-state index is 0.279. The van der Waals surface area contributed by atoms with Gasteiger partial charge >= 0.3 is 0 Å². The van der Waals surface area contributed by atoms with Gasteiger partial charge in [0.25, 0.3) is 0 Å². The first-order valence-electron chi connectivity index (χ1n) is 5.43. The topological polar surface area (TPSA) is 20.2 Å². The van der Waals surface area contributed by atoms with E-state index >= 15 is 0 Å². The Labute approximate surface area is 96.8 Å². The monoisotopic (exact) mass is 214 g/mol. The average molecular weight is 214 g/mol. The van der Waals surface area contributed by atoms with E-state index in [2.05, 4.69) is 12.7 Å². The molecule has 0 fully saturated rings. The van der Waals surface area contributed by atoms with Crippen LogP contribution >= 0.6 is 0 Å². The Morgan fingerprint density at radius 2 is 1.81 bits per heavy atom. The molecule has 0 atom stereocenters. The first kappa shape index (κ1) is 12.3. The molecule has 0 heterocycles. The van der Waals surface area contributed by atoms with Gasteiger partial charge in [0.05, 0.1) is 0 Å². The van der Waals surface area contributed by atoms with E-state index in [-0.39, 0.29) is 5.75 Å². The summed E-state index contributed by atoms with van der Waals surface area (Å²) >= 11 is 0. The highest BCUT2D eigenvalue weighted by molar-refractivity contribution is 5.70. The summed E-state index contributed by atoms with van der Waals surface area (Å²) in [6, 6.07) is 1.78. The molecule has 0 radical (unpaired) electrons. The van der Waals surface area contributed by atoms with Crippen LogP contribution in [0.25, 0.3) is 24.3 Å². The summed E-state index contributed by atoms with van der Waals surface area (Å²) in [5.74, 6) is 0.279. The molecule has 0 aliphatic heterocycles. The second-order valence-corrected chi connectivity index (χ2v) is 3.51. The molecule has 1 nitrogen and oxygen atoms in total. The van der Waals surface area contributed by atoms with Crippen molar-refractivity contribution < 1.29 is 5.11 Å². The van der Waals surface area contributed by atoms with Crippen LogP contribution in [0.15, 0.2) is 18.7 Å². The highest BCUT2D eigenvalue weighted by Gasteiger charge is 2.04. The lowest BCUT2D eigenvalue weighted by Crippen LogP contribution is -2.27. The number of phenolic OH excluding ortho intramolecular Hbond substituents is 1. The molecule has 1 heteroatoms. The molecule has 0 aliphatic carbocycles. The Hall–Kier alpha value is -1.76. The molecule has 84 valence electrons. The number of hydrogen-bond donors (Lipinski definition) is 1. The van der Waals surface area contributed by atoms with Gasteiger partial charge in [-0.2, -0.15) is 0 Å². The van der Waals surface area contributed by atoms with E-state index in [4.69, 9.17) is 0 Å². The zero-order chi connectivity index (χ0) is 12.1. The quantitative estimate of drug-likeness (QED) is 0.802. The normalized spacial score (nSPS) is 13.7. The van der Waals surface area contributed by atoms with E-state index in [0.717, 1.165) is 21.6 Å². The Kier molecular flexibility index (Phi) is 4.12. The zero-order valence-electron chi connectivity index (χ0n) is 10.1. The fourth-order valence-corrected chi connectivity index (χ4v) is 1.86. The van der Waals surface area contributed by atoms with Crippen molar-refractivity contribution in [1.29, 1.82) is 0 Å². The third kappa shape index (κ3) is 2.08. The molecule has 0 saturated carbocycles. The molecule has 0 aromatic heterocycles. The molecule has 1 aromatic carbocycles. The minimum Gasteiger partial charge on any atom is -0.507 e. The summed E-state index contributed by atoms with van der Waals surface area (Å²) in [7, 11) is 0. The number of phenols is 1. The van der Waals surface area contributed by atoms with Crippen LogP contribution in [0.4, 0.5) is 0 Å². The minimum absolute atomic E-state index is 0.279. The molecule has 0 amide bonds. The number of rotatable bonds is 2. The van der Waals surface area contributed by atoms with E-state index in [1.54, 1.807) is 12.1 Å². The SMILES string of the molecule is C=Cc1c(O)cc(=C/C)/c(=C\C)c1/C=C\C. The maximum absolute atomic E-state index is 9.91. The Morgan fingerprint density at radius 3 is 2.25 bits per heavy atom. The first-order valence-corrected chi connectivity index (χ1v) is 5.43. The van der Waals surface area contributed by atoms with Gasteiger partial charge in [-0.1, -0.05) is 37.0 Å². The van der Waals surface area contributed by atoms with Gasteiger partial charge in [-0.25, -0.2) is 0 Å². The predicted octanol–water partition coefficient (Wildman–Crippen LogP) is 2.67. The van der Waals surface area contributed by atoms with Gasteiger partial charge < -0.3 is 5.11 Å². The second-order valence-electron chi connectivity index (χ2n) is 3.51. The van der Waals surface area contributed by atoms with Crippen LogP contribution in [0.2, 0.25) is 0 Å². The van der Waals surface area contributed by atoms with Gasteiger partial charge in [-0.3, -0.25) is 0 Å². The fraction of sp³-hybridized carbons (Fsp3) is 0.200. The molecule has 0 aliphatic rings. The smallest absolute Gasteiger partial charge is 0.124 e. The van der Waals surface area contributed by atoms with Gasteiger partial charge in [0.2, 0.25) is 0 Å². The summed E-state index contributed by atoms with van der Waals surface area (Å²) < 4.78 is 0. The van der Waals surface area contributed by atoms with E-state index in [1.807, 2.05) is 39.0 Å². The lowest BCUT2D eigenvalue weighted by molar-refractivity contribution is 0.473. The number of aromatic hydroxyl groups is 1. The molecule has 0 bridgehead atoms. The second kappa shape index (κ2) is 5.36. The van der Waals surface area contributed by atoms with Crippen LogP contribution < -0.4 is 10.4 Å². The zero-order valence-corrected chi connectivity index (χ0v) is 10.1. The highest BCUT2D eigenvalue weighted by Crippen LogP contribution is 2.18. The van der Waals surface area contributed by atoms with Gasteiger partial charge in [-0.15, -0.1) is 0 Å².